The van der Waals surface area contributed by atoms with E-state index in [1.807, 2.05) is 6.92 Å². The smallest absolute Gasteiger partial charge is 0.417 e. The zero-order chi connectivity index (χ0) is 14.1. The summed E-state index contributed by atoms with van der Waals surface area (Å²) in [7, 11) is 0. The number of carbonyl (C=O) groups is 1. The van der Waals surface area contributed by atoms with Gasteiger partial charge in [-0.2, -0.15) is 0 Å². The summed E-state index contributed by atoms with van der Waals surface area (Å²) in [4.78, 5) is 25.6. The lowest BCUT2D eigenvalue weighted by atomic mass is 10.3. The van der Waals surface area contributed by atoms with Crippen LogP contribution in [0.1, 0.15) is 23.2 Å². The maximum absolute atomic E-state index is 12.0. The van der Waals surface area contributed by atoms with Gasteiger partial charge in [-0.3, -0.25) is 9.78 Å². The second-order valence-electron chi connectivity index (χ2n) is 4.30. The number of carbonyl (C=O) groups excluding carboxylic acids is 1. The maximum atomic E-state index is 12.0. The fourth-order valence-corrected chi connectivity index (χ4v) is 1.91. The molecule has 0 aliphatic carbocycles. The van der Waals surface area contributed by atoms with Crippen molar-refractivity contribution in [2.45, 2.75) is 13.3 Å². The largest absolute Gasteiger partial charge is 0.456 e. The molecule has 0 atom stereocenters. The molecule has 0 aliphatic heterocycles. The molecule has 0 spiro atoms. The van der Waals surface area contributed by atoms with E-state index in [9.17, 15) is 9.59 Å². The normalized spacial score (nSPS) is 10.8. The average Bonchev–Trinajstić information content (AvgIpc) is 3.03. The molecule has 102 valence electrons. The molecule has 20 heavy (non-hydrogen) atoms. The lowest BCUT2D eigenvalue weighted by molar-refractivity contribution is 0.0995. The number of furan rings is 1. The number of hydrogen-bond donors (Lipinski definition) is 2. The Morgan fingerprint density at radius 2 is 2.10 bits per heavy atom. The van der Waals surface area contributed by atoms with Crippen LogP contribution in [0, 0.1) is 0 Å². The number of benzene rings is 1. The fourth-order valence-electron chi connectivity index (χ4n) is 1.91. The SMILES string of the molecule is CCc1ccc(C(=O)Nc2ccc3oc(=O)[nH]c3c2)o1. The van der Waals surface area contributed by atoms with Gasteiger partial charge in [-0.15, -0.1) is 0 Å². The number of hydrogen-bond acceptors (Lipinski definition) is 4. The first-order chi connectivity index (χ1) is 9.65. The Bertz CT molecular complexity index is 825. The number of aryl methyl sites for hydroxylation is 1. The summed E-state index contributed by atoms with van der Waals surface area (Å²) in [6.45, 7) is 1.95. The molecule has 2 N–H and O–H groups in total. The molecule has 0 unspecified atom stereocenters. The Morgan fingerprint density at radius 1 is 1.25 bits per heavy atom. The van der Waals surface area contributed by atoms with Gasteiger partial charge >= 0.3 is 5.76 Å². The first-order valence-corrected chi connectivity index (χ1v) is 6.18. The molecule has 0 saturated heterocycles. The van der Waals surface area contributed by atoms with Crippen LogP contribution in [0.2, 0.25) is 0 Å². The molecule has 3 rings (SSSR count). The standard InChI is InChI=1S/C14H12N2O4/c1-2-9-4-6-12(19-9)13(17)15-8-3-5-11-10(7-8)16-14(18)20-11/h3-7H,2H2,1H3,(H,15,17)(H,16,18). The second-order valence-corrected chi connectivity index (χ2v) is 4.30. The van der Waals surface area contributed by atoms with Crippen molar-refractivity contribution in [2.24, 2.45) is 0 Å². The molecule has 0 fully saturated rings. The Kier molecular flexibility index (Phi) is 2.90. The molecule has 0 radical (unpaired) electrons. The van der Waals surface area contributed by atoms with Gasteiger partial charge in [-0.05, 0) is 30.3 Å². The molecule has 3 aromatic rings. The first kappa shape index (κ1) is 12.3. The predicted molar refractivity (Wildman–Crippen MR) is 72.9 cm³/mol. The van der Waals surface area contributed by atoms with Gasteiger partial charge in [-0.25, -0.2) is 4.79 Å². The number of nitrogens with one attached hydrogen (secondary N) is 2. The number of fused-ring (bicyclic) bond motifs is 1. The highest BCUT2D eigenvalue weighted by atomic mass is 16.4. The molecule has 6 nitrogen and oxygen atoms in total. The van der Waals surface area contributed by atoms with E-state index in [0.717, 1.165) is 12.2 Å². The number of anilines is 1. The fraction of sp³-hybridized carbons (Fsp3) is 0.143. The average molecular weight is 272 g/mol. The number of oxazole rings is 1. The van der Waals surface area contributed by atoms with Crippen molar-refractivity contribution >= 4 is 22.7 Å². The molecule has 0 saturated carbocycles. The highest BCUT2D eigenvalue weighted by Gasteiger charge is 2.11. The Morgan fingerprint density at radius 3 is 2.85 bits per heavy atom. The van der Waals surface area contributed by atoms with Crippen LogP contribution in [-0.2, 0) is 6.42 Å². The monoisotopic (exact) mass is 272 g/mol. The van der Waals surface area contributed by atoms with Crippen molar-refractivity contribution in [1.29, 1.82) is 0 Å². The summed E-state index contributed by atoms with van der Waals surface area (Å²) >= 11 is 0. The van der Waals surface area contributed by atoms with Crippen molar-refractivity contribution in [3.63, 3.8) is 0 Å². The number of H-pyrrole nitrogens is 1. The molecule has 6 heteroatoms. The summed E-state index contributed by atoms with van der Waals surface area (Å²) < 4.78 is 10.3. The number of aromatic amines is 1. The third kappa shape index (κ3) is 2.23. The summed E-state index contributed by atoms with van der Waals surface area (Å²) in [6, 6.07) is 8.29. The topological polar surface area (TPSA) is 88.2 Å². The zero-order valence-corrected chi connectivity index (χ0v) is 10.7. The third-order valence-electron chi connectivity index (χ3n) is 2.91. The first-order valence-electron chi connectivity index (χ1n) is 6.18. The molecular formula is C14H12N2O4. The van der Waals surface area contributed by atoms with E-state index in [0.29, 0.717) is 16.8 Å². The van der Waals surface area contributed by atoms with Gasteiger partial charge < -0.3 is 14.2 Å². The minimum Gasteiger partial charge on any atom is -0.456 e. The van der Waals surface area contributed by atoms with Crippen LogP contribution in [0.25, 0.3) is 11.1 Å². The molecule has 2 heterocycles. The van der Waals surface area contributed by atoms with Crippen molar-refractivity contribution in [1.82, 2.24) is 4.98 Å². The maximum Gasteiger partial charge on any atom is 0.417 e. The number of aromatic nitrogens is 1. The summed E-state index contributed by atoms with van der Waals surface area (Å²) in [5.74, 6) is 0.143. The van der Waals surface area contributed by atoms with Crippen LogP contribution in [-0.4, -0.2) is 10.9 Å². The van der Waals surface area contributed by atoms with Gasteiger partial charge in [0, 0.05) is 12.1 Å². The van der Waals surface area contributed by atoms with Crippen LogP contribution in [0.15, 0.2) is 44.0 Å². The Labute approximate surface area is 113 Å². The summed E-state index contributed by atoms with van der Waals surface area (Å²) in [5, 5.41) is 2.70. The Hall–Kier alpha value is -2.76. The van der Waals surface area contributed by atoms with Crippen molar-refractivity contribution in [3.8, 4) is 0 Å². The predicted octanol–water partition coefficient (Wildman–Crippen LogP) is 2.53. The van der Waals surface area contributed by atoms with E-state index in [2.05, 4.69) is 10.3 Å². The van der Waals surface area contributed by atoms with E-state index in [-0.39, 0.29) is 11.7 Å². The quantitative estimate of drug-likeness (QED) is 0.766. The lowest BCUT2D eigenvalue weighted by Crippen LogP contribution is -2.10. The van der Waals surface area contributed by atoms with Crippen molar-refractivity contribution in [3.05, 3.63) is 52.4 Å². The van der Waals surface area contributed by atoms with Gasteiger partial charge in [0.2, 0.25) is 0 Å². The number of amides is 1. The molecule has 2 aromatic heterocycles. The van der Waals surface area contributed by atoms with Crippen LogP contribution in [0.4, 0.5) is 5.69 Å². The van der Waals surface area contributed by atoms with Crippen molar-refractivity contribution < 1.29 is 13.6 Å². The van der Waals surface area contributed by atoms with Gasteiger partial charge in [0.15, 0.2) is 11.3 Å². The third-order valence-corrected chi connectivity index (χ3v) is 2.91. The highest BCUT2D eigenvalue weighted by Crippen LogP contribution is 2.17. The molecule has 0 bridgehead atoms. The summed E-state index contributed by atoms with van der Waals surface area (Å²) in [6.07, 6.45) is 0.732. The van der Waals surface area contributed by atoms with Crippen LogP contribution < -0.4 is 11.1 Å². The van der Waals surface area contributed by atoms with Gasteiger partial charge in [0.05, 0.1) is 5.52 Å². The molecule has 0 aliphatic rings. The molecule has 1 aromatic carbocycles. The minimum absolute atomic E-state index is 0.252. The minimum atomic E-state index is -0.526. The summed E-state index contributed by atoms with van der Waals surface area (Å²) in [5.41, 5.74) is 1.52. The van der Waals surface area contributed by atoms with Gasteiger partial charge in [0.25, 0.3) is 5.91 Å². The van der Waals surface area contributed by atoms with Crippen LogP contribution in [0.5, 0.6) is 0 Å². The zero-order valence-electron chi connectivity index (χ0n) is 10.7. The van der Waals surface area contributed by atoms with Crippen molar-refractivity contribution in [2.75, 3.05) is 5.32 Å². The van der Waals surface area contributed by atoms with Gasteiger partial charge in [0.1, 0.15) is 5.76 Å². The molecular weight excluding hydrogens is 260 g/mol. The van der Waals surface area contributed by atoms with Crippen LogP contribution >= 0.6 is 0 Å². The Balaban J connectivity index is 1.84. The van der Waals surface area contributed by atoms with E-state index >= 15 is 0 Å². The molecule has 1 amide bonds. The van der Waals surface area contributed by atoms with Gasteiger partial charge in [-0.1, -0.05) is 6.92 Å². The highest BCUT2D eigenvalue weighted by molar-refractivity contribution is 6.03. The second kappa shape index (κ2) is 4.73. The number of rotatable bonds is 3. The van der Waals surface area contributed by atoms with E-state index in [4.69, 9.17) is 8.83 Å². The van der Waals surface area contributed by atoms with E-state index in [1.165, 1.54) is 0 Å². The van der Waals surface area contributed by atoms with E-state index < -0.39 is 5.76 Å². The lowest BCUT2D eigenvalue weighted by Gasteiger charge is -2.02. The van der Waals surface area contributed by atoms with Crippen LogP contribution in [0.3, 0.4) is 0 Å². The van der Waals surface area contributed by atoms with E-state index in [1.54, 1.807) is 30.3 Å².